The highest BCUT2D eigenvalue weighted by molar-refractivity contribution is 7.15. The molecule has 0 saturated carbocycles. The van der Waals surface area contributed by atoms with E-state index in [4.69, 9.17) is 21.3 Å². The van der Waals surface area contributed by atoms with Gasteiger partial charge in [0.1, 0.15) is 0 Å². The van der Waals surface area contributed by atoms with Crippen molar-refractivity contribution in [1.29, 1.82) is 0 Å². The summed E-state index contributed by atoms with van der Waals surface area (Å²) in [6.07, 6.45) is 2.03. The SMILES string of the molecule is CC1(C)CN(c2nc3sccn3c2CCl)CCO1. The molecule has 4 nitrogen and oxygen atoms in total. The highest BCUT2D eigenvalue weighted by Gasteiger charge is 2.30. The molecule has 0 aromatic carbocycles. The van der Waals surface area contributed by atoms with E-state index < -0.39 is 0 Å². The van der Waals surface area contributed by atoms with Gasteiger partial charge in [0, 0.05) is 24.7 Å². The number of hydrogen-bond acceptors (Lipinski definition) is 4. The Labute approximate surface area is 115 Å². The van der Waals surface area contributed by atoms with Gasteiger partial charge < -0.3 is 9.64 Å². The minimum absolute atomic E-state index is 0.126. The summed E-state index contributed by atoms with van der Waals surface area (Å²) in [5, 5.41) is 2.03. The van der Waals surface area contributed by atoms with Crippen LogP contribution in [0.1, 0.15) is 19.5 Å². The smallest absolute Gasteiger partial charge is 0.195 e. The van der Waals surface area contributed by atoms with Crippen molar-refractivity contribution < 1.29 is 4.74 Å². The van der Waals surface area contributed by atoms with E-state index in [1.165, 1.54) is 0 Å². The fourth-order valence-electron chi connectivity index (χ4n) is 2.40. The van der Waals surface area contributed by atoms with Crippen molar-refractivity contribution >= 4 is 33.7 Å². The molecule has 1 saturated heterocycles. The Hall–Kier alpha value is -0.780. The van der Waals surface area contributed by atoms with Crippen molar-refractivity contribution in [2.75, 3.05) is 24.6 Å². The number of fused-ring (bicyclic) bond motifs is 1. The number of aromatic nitrogens is 2. The number of ether oxygens (including phenoxy) is 1. The number of nitrogens with zero attached hydrogens (tertiary/aromatic N) is 3. The van der Waals surface area contributed by atoms with Crippen LogP contribution in [0, 0.1) is 0 Å². The van der Waals surface area contributed by atoms with E-state index in [1.807, 2.05) is 11.6 Å². The van der Waals surface area contributed by atoms with Crippen LogP contribution >= 0.6 is 22.9 Å². The van der Waals surface area contributed by atoms with Gasteiger partial charge in [-0.1, -0.05) is 0 Å². The average molecular weight is 286 g/mol. The monoisotopic (exact) mass is 285 g/mol. The minimum Gasteiger partial charge on any atom is -0.372 e. The summed E-state index contributed by atoms with van der Waals surface area (Å²) in [7, 11) is 0. The Balaban J connectivity index is 2.00. The Morgan fingerprint density at radius 1 is 1.56 bits per heavy atom. The van der Waals surface area contributed by atoms with Gasteiger partial charge in [-0.3, -0.25) is 4.40 Å². The number of anilines is 1. The molecular formula is C12H16ClN3OS. The van der Waals surface area contributed by atoms with Crippen LogP contribution in [0.25, 0.3) is 4.96 Å². The zero-order valence-corrected chi connectivity index (χ0v) is 12.1. The largest absolute Gasteiger partial charge is 0.372 e. The van der Waals surface area contributed by atoms with Gasteiger partial charge in [0.25, 0.3) is 0 Å². The second-order valence-corrected chi connectivity index (χ2v) is 6.24. The molecule has 3 rings (SSSR count). The van der Waals surface area contributed by atoms with Crippen LogP contribution in [-0.4, -0.2) is 34.7 Å². The maximum absolute atomic E-state index is 6.09. The predicted molar refractivity (Wildman–Crippen MR) is 74.9 cm³/mol. The topological polar surface area (TPSA) is 29.8 Å². The molecule has 18 heavy (non-hydrogen) atoms. The standard InChI is InChI=1S/C12H16ClN3OS/c1-12(2)8-15(3-5-17-12)10-9(7-13)16-4-6-18-11(16)14-10/h4,6H,3,5,7-8H2,1-2H3. The van der Waals surface area contributed by atoms with E-state index in [0.29, 0.717) is 5.88 Å². The van der Waals surface area contributed by atoms with Crippen molar-refractivity contribution in [3.63, 3.8) is 0 Å². The Morgan fingerprint density at radius 3 is 3.11 bits per heavy atom. The van der Waals surface area contributed by atoms with Crippen LogP contribution in [0.5, 0.6) is 0 Å². The van der Waals surface area contributed by atoms with E-state index in [2.05, 4.69) is 23.1 Å². The molecule has 3 heterocycles. The van der Waals surface area contributed by atoms with Gasteiger partial charge in [-0.15, -0.1) is 22.9 Å². The van der Waals surface area contributed by atoms with Crippen LogP contribution in [0.3, 0.4) is 0 Å². The van der Waals surface area contributed by atoms with E-state index in [0.717, 1.165) is 36.2 Å². The molecular weight excluding hydrogens is 270 g/mol. The zero-order chi connectivity index (χ0) is 12.8. The zero-order valence-electron chi connectivity index (χ0n) is 10.5. The summed E-state index contributed by atoms with van der Waals surface area (Å²) in [4.78, 5) is 7.98. The van der Waals surface area contributed by atoms with Gasteiger partial charge in [0.15, 0.2) is 10.8 Å². The third-order valence-corrected chi connectivity index (χ3v) is 4.20. The molecule has 0 unspecified atom stereocenters. The van der Waals surface area contributed by atoms with Crippen LogP contribution in [0.4, 0.5) is 5.82 Å². The second-order valence-electron chi connectivity index (χ2n) is 5.10. The van der Waals surface area contributed by atoms with Gasteiger partial charge >= 0.3 is 0 Å². The van der Waals surface area contributed by atoms with E-state index in [-0.39, 0.29) is 5.60 Å². The third-order valence-electron chi connectivity index (χ3n) is 3.19. The molecule has 1 fully saturated rings. The lowest BCUT2D eigenvalue weighted by Gasteiger charge is -2.38. The number of morpholine rings is 1. The van der Waals surface area contributed by atoms with Gasteiger partial charge in [-0.2, -0.15) is 0 Å². The molecule has 98 valence electrons. The van der Waals surface area contributed by atoms with Crippen molar-refractivity contribution in [2.45, 2.75) is 25.3 Å². The lowest BCUT2D eigenvalue weighted by molar-refractivity contribution is -0.0279. The highest BCUT2D eigenvalue weighted by atomic mass is 35.5. The van der Waals surface area contributed by atoms with Gasteiger partial charge in [0.05, 0.1) is 23.8 Å². The van der Waals surface area contributed by atoms with Crippen LogP contribution in [0.15, 0.2) is 11.6 Å². The molecule has 0 atom stereocenters. The number of hydrogen-bond donors (Lipinski definition) is 0. The first kappa shape index (κ1) is 12.3. The Kier molecular flexibility index (Phi) is 3.00. The van der Waals surface area contributed by atoms with Crippen molar-refractivity contribution in [1.82, 2.24) is 9.38 Å². The fourth-order valence-corrected chi connectivity index (χ4v) is 3.37. The number of imidazole rings is 1. The first-order chi connectivity index (χ1) is 8.61. The molecule has 2 aromatic rings. The minimum atomic E-state index is -0.126. The summed E-state index contributed by atoms with van der Waals surface area (Å²) in [6.45, 7) is 6.68. The van der Waals surface area contributed by atoms with E-state index >= 15 is 0 Å². The summed E-state index contributed by atoms with van der Waals surface area (Å²) < 4.78 is 7.82. The van der Waals surface area contributed by atoms with Gasteiger partial charge in [-0.05, 0) is 13.8 Å². The summed E-state index contributed by atoms with van der Waals surface area (Å²) in [5.41, 5.74) is 0.949. The number of halogens is 1. The molecule has 0 N–H and O–H groups in total. The molecule has 2 aromatic heterocycles. The molecule has 0 amide bonds. The Bertz CT molecular complexity index is 563. The molecule has 0 aliphatic carbocycles. The fraction of sp³-hybridized carbons (Fsp3) is 0.583. The predicted octanol–water partition coefficient (Wildman–Crippen LogP) is 2.75. The molecule has 6 heteroatoms. The number of alkyl halides is 1. The van der Waals surface area contributed by atoms with Crippen LogP contribution < -0.4 is 4.90 Å². The molecule has 1 aliphatic heterocycles. The molecule has 0 bridgehead atoms. The van der Waals surface area contributed by atoms with Gasteiger partial charge in [0.2, 0.25) is 0 Å². The quantitative estimate of drug-likeness (QED) is 0.795. The summed E-state index contributed by atoms with van der Waals surface area (Å²) >= 11 is 7.72. The van der Waals surface area contributed by atoms with E-state index in [1.54, 1.807) is 11.3 Å². The van der Waals surface area contributed by atoms with Crippen LogP contribution in [0.2, 0.25) is 0 Å². The third kappa shape index (κ3) is 2.00. The maximum Gasteiger partial charge on any atom is 0.195 e. The molecule has 1 aliphatic rings. The number of rotatable bonds is 2. The normalized spacial score (nSPS) is 19.6. The van der Waals surface area contributed by atoms with Crippen LogP contribution in [-0.2, 0) is 10.6 Å². The average Bonchev–Trinajstić information content (AvgIpc) is 2.86. The summed E-state index contributed by atoms with van der Waals surface area (Å²) in [5.74, 6) is 1.48. The van der Waals surface area contributed by atoms with Gasteiger partial charge in [-0.25, -0.2) is 4.98 Å². The van der Waals surface area contributed by atoms with Crippen molar-refractivity contribution in [3.05, 3.63) is 17.3 Å². The lowest BCUT2D eigenvalue weighted by Crippen LogP contribution is -2.48. The maximum atomic E-state index is 6.09. The van der Waals surface area contributed by atoms with Crippen molar-refractivity contribution in [3.8, 4) is 0 Å². The molecule has 0 radical (unpaired) electrons. The highest BCUT2D eigenvalue weighted by Crippen LogP contribution is 2.29. The lowest BCUT2D eigenvalue weighted by atomic mass is 10.1. The first-order valence-electron chi connectivity index (χ1n) is 6.00. The molecule has 0 spiro atoms. The van der Waals surface area contributed by atoms with Crippen molar-refractivity contribution in [2.24, 2.45) is 0 Å². The summed E-state index contributed by atoms with van der Waals surface area (Å²) in [6, 6.07) is 0. The van der Waals surface area contributed by atoms with E-state index in [9.17, 15) is 0 Å². The first-order valence-corrected chi connectivity index (χ1v) is 7.41. The second kappa shape index (κ2) is 4.40. The number of thiazole rings is 1. The Morgan fingerprint density at radius 2 is 2.39 bits per heavy atom.